The van der Waals surface area contributed by atoms with E-state index >= 15 is 0 Å². The van der Waals surface area contributed by atoms with Gasteiger partial charge in [-0.15, -0.1) is 0 Å². The van der Waals surface area contributed by atoms with E-state index in [1.165, 1.54) is 11.5 Å². The quantitative estimate of drug-likeness (QED) is 0.775. The van der Waals surface area contributed by atoms with Crippen molar-refractivity contribution in [2.24, 2.45) is 0 Å². The molecule has 1 fully saturated rings. The van der Waals surface area contributed by atoms with Crippen LogP contribution in [0.3, 0.4) is 0 Å². The predicted octanol–water partition coefficient (Wildman–Crippen LogP) is 3.81. The number of hydrogen-bond donors (Lipinski definition) is 1. The Labute approximate surface area is 150 Å². The molecule has 0 bridgehead atoms. The number of benzene rings is 1. The third-order valence-corrected chi connectivity index (χ3v) is 5.29. The first-order valence-corrected chi connectivity index (χ1v) is 9.28. The molecule has 0 spiro atoms. The van der Waals surface area contributed by atoms with Gasteiger partial charge in [-0.1, -0.05) is 6.07 Å². The number of amides is 1. The zero-order valence-electron chi connectivity index (χ0n) is 13.7. The summed E-state index contributed by atoms with van der Waals surface area (Å²) in [6.07, 6.45) is 7.41. The molecular weight excluding hydrogens is 334 g/mol. The fourth-order valence-electron chi connectivity index (χ4n) is 3.23. The predicted molar refractivity (Wildman–Crippen MR) is 98.0 cm³/mol. The van der Waals surface area contributed by atoms with Crippen molar-refractivity contribution in [3.05, 3.63) is 53.7 Å². The summed E-state index contributed by atoms with van der Waals surface area (Å²) in [5, 5.41) is 4.19. The van der Waals surface area contributed by atoms with Gasteiger partial charge in [0, 0.05) is 23.8 Å². The van der Waals surface area contributed by atoms with Gasteiger partial charge in [0.15, 0.2) is 0 Å². The highest BCUT2D eigenvalue weighted by Crippen LogP contribution is 2.26. The third-order valence-electron chi connectivity index (χ3n) is 4.55. The maximum atomic E-state index is 12.1. The molecular formula is C19H19N3O2S. The number of aromatic nitrogens is 2. The Morgan fingerprint density at radius 2 is 2.00 bits per heavy atom. The highest BCUT2D eigenvalue weighted by atomic mass is 32.1. The smallest absolute Gasteiger partial charge is 0.263 e. The van der Waals surface area contributed by atoms with Gasteiger partial charge in [0.2, 0.25) is 0 Å². The first-order chi connectivity index (χ1) is 12.3. The molecule has 0 atom stereocenters. The number of fused-ring (bicyclic) bond motifs is 1. The lowest BCUT2D eigenvalue weighted by Crippen LogP contribution is -2.39. The van der Waals surface area contributed by atoms with Crippen molar-refractivity contribution < 1.29 is 9.53 Å². The van der Waals surface area contributed by atoms with Crippen LogP contribution in [0.15, 0.2) is 48.8 Å². The van der Waals surface area contributed by atoms with Crippen molar-refractivity contribution in [1.29, 1.82) is 0 Å². The van der Waals surface area contributed by atoms with Gasteiger partial charge in [-0.05, 0) is 67.5 Å². The summed E-state index contributed by atoms with van der Waals surface area (Å²) in [5.74, 6) is 0.867. The summed E-state index contributed by atoms with van der Waals surface area (Å²) in [5.41, 5.74) is 0.976. The molecule has 2 aromatic heterocycles. The summed E-state index contributed by atoms with van der Waals surface area (Å²) in [6, 6.07) is 12.0. The maximum absolute atomic E-state index is 12.1. The lowest BCUT2D eigenvalue weighted by molar-refractivity contribution is 0.0898. The maximum Gasteiger partial charge on any atom is 0.263 e. The topological polar surface area (TPSA) is 64.1 Å². The first kappa shape index (κ1) is 16.0. The van der Waals surface area contributed by atoms with E-state index in [0.29, 0.717) is 4.88 Å². The van der Waals surface area contributed by atoms with Crippen molar-refractivity contribution in [2.45, 2.75) is 37.8 Å². The third kappa shape index (κ3) is 3.79. The van der Waals surface area contributed by atoms with Crippen LogP contribution in [0.5, 0.6) is 5.75 Å². The molecule has 5 nitrogen and oxygen atoms in total. The number of hydrogen-bond acceptors (Lipinski definition) is 5. The van der Waals surface area contributed by atoms with Gasteiger partial charge >= 0.3 is 0 Å². The monoisotopic (exact) mass is 353 g/mol. The summed E-state index contributed by atoms with van der Waals surface area (Å²) >= 11 is 1.23. The Kier molecular flexibility index (Phi) is 4.61. The van der Waals surface area contributed by atoms with E-state index in [0.717, 1.165) is 42.3 Å². The van der Waals surface area contributed by atoms with Gasteiger partial charge < -0.3 is 10.1 Å². The minimum Gasteiger partial charge on any atom is -0.490 e. The molecule has 128 valence electrons. The van der Waals surface area contributed by atoms with Crippen LogP contribution in [0, 0.1) is 0 Å². The number of nitrogens with one attached hydrogen (secondary N) is 1. The van der Waals surface area contributed by atoms with E-state index < -0.39 is 0 Å². The van der Waals surface area contributed by atoms with E-state index in [1.54, 1.807) is 18.5 Å². The molecule has 1 aliphatic rings. The minimum atomic E-state index is -0.0195. The van der Waals surface area contributed by atoms with Crippen LogP contribution in [-0.4, -0.2) is 27.4 Å². The summed E-state index contributed by atoms with van der Waals surface area (Å²) < 4.78 is 10.1. The lowest BCUT2D eigenvalue weighted by atomic mass is 9.93. The molecule has 0 unspecified atom stereocenters. The molecule has 4 rings (SSSR count). The fourth-order valence-corrected chi connectivity index (χ4v) is 3.73. The van der Waals surface area contributed by atoms with E-state index in [-0.39, 0.29) is 18.1 Å². The summed E-state index contributed by atoms with van der Waals surface area (Å²) in [6.45, 7) is 0. The number of pyridine rings is 1. The van der Waals surface area contributed by atoms with Crippen molar-refractivity contribution in [2.75, 3.05) is 0 Å². The van der Waals surface area contributed by atoms with Gasteiger partial charge in [-0.2, -0.15) is 0 Å². The molecule has 2 heterocycles. The number of ether oxygens (including phenoxy) is 1. The van der Waals surface area contributed by atoms with E-state index in [4.69, 9.17) is 4.74 Å². The second-order valence-corrected chi connectivity index (χ2v) is 7.13. The Bertz CT molecular complexity index is 858. The second-order valence-electron chi connectivity index (χ2n) is 6.30. The Hall–Kier alpha value is -2.47. The largest absolute Gasteiger partial charge is 0.490 e. The minimum absolute atomic E-state index is 0.0195. The van der Waals surface area contributed by atoms with Gasteiger partial charge in [-0.25, -0.2) is 4.37 Å². The molecule has 3 aromatic rings. The van der Waals surface area contributed by atoms with Crippen molar-refractivity contribution in [3.63, 3.8) is 0 Å². The first-order valence-electron chi connectivity index (χ1n) is 8.51. The lowest BCUT2D eigenvalue weighted by Gasteiger charge is -2.29. The normalized spacial score (nSPS) is 20.3. The summed E-state index contributed by atoms with van der Waals surface area (Å²) in [7, 11) is 0. The van der Waals surface area contributed by atoms with Gasteiger partial charge in [0.1, 0.15) is 10.6 Å². The van der Waals surface area contributed by atoms with E-state index in [1.807, 2.05) is 30.3 Å². The van der Waals surface area contributed by atoms with Crippen LogP contribution in [0.25, 0.3) is 10.9 Å². The van der Waals surface area contributed by atoms with E-state index in [9.17, 15) is 4.79 Å². The van der Waals surface area contributed by atoms with Crippen molar-refractivity contribution in [3.8, 4) is 5.75 Å². The number of rotatable bonds is 4. The average Bonchev–Trinajstić information content (AvgIpc) is 3.18. The van der Waals surface area contributed by atoms with Crippen LogP contribution in [0.4, 0.5) is 0 Å². The highest BCUT2D eigenvalue weighted by molar-refractivity contribution is 7.08. The van der Waals surface area contributed by atoms with Crippen LogP contribution in [0.2, 0.25) is 0 Å². The van der Waals surface area contributed by atoms with Crippen LogP contribution < -0.4 is 10.1 Å². The SMILES string of the molecule is O=C(NC1CCC(Oc2ccc3ncccc3c2)CC1)c1ccns1. The van der Waals surface area contributed by atoms with Gasteiger partial charge in [0.05, 0.1) is 11.6 Å². The highest BCUT2D eigenvalue weighted by Gasteiger charge is 2.24. The molecule has 1 N–H and O–H groups in total. The van der Waals surface area contributed by atoms with Crippen molar-refractivity contribution >= 4 is 28.3 Å². The molecule has 25 heavy (non-hydrogen) atoms. The van der Waals surface area contributed by atoms with Crippen molar-refractivity contribution in [1.82, 2.24) is 14.7 Å². The molecule has 1 saturated carbocycles. The van der Waals surface area contributed by atoms with Crippen LogP contribution in [0.1, 0.15) is 35.4 Å². The molecule has 1 amide bonds. The number of carbonyl (C=O) groups excluding carboxylic acids is 1. The van der Waals surface area contributed by atoms with Gasteiger partial charge in [-0.3, -0.25) is 9.78 Å². The molecule has 0 aliphatic heterocycles. The van der Waals surface area contributed by atoms with Gasteiger partial charge in [0.25, 0.3) is 5.91 Å². The molecule has 0 radical (unpaired) electrons. The van der Waals surface area contributed by atoms with E-state index in [2.05, 4.69) is 14.7 Å². The Morgan fingerprint density at radius 3 is 2.80 bits per heavy atom. The molecule has 1 aliphatic carbocycles. The fraction of sp³-hybridized carbons (Fsp3) is 0.316. The summed E-state index contributed by atoms with van der Waals surface area (Å²) in [4.78, 5) is 17.1. The second kappa shape index (κ2) is 7.19. The molecule has 6 heteroatoms. The standard InChI is InChI=1S/C19H19N3O2S/c23-19(18-9-11-21-25-18)22-14-3-5-15(6-4-14)24-16-7-8-17-13(12-16)2-1-10-20-17/h1-2,7-12,14-15H,3-6H2,(H,22,23). The van der Waals surface area contributed by atoms with Crippen LogP contribution in [-0.2, 0) is 0 Å². The molecule has 1 aromatic carbocycles. The number of carbonyl (C=O) groups is 1. The molecule has 0 saturated heterocycles. The zero-order chi connectivity index (χ0) is 17.1. The number of nitrogens with zero attached hydrogens (tertiary/aromatic N) is 2. The Morgan fingerprint density at radius 1 is 1.12 bits per heavy atom. The average molecular weight is 353 g/mol. The Balaban J connectivity index is 1.31. The zero-order valence-corrected chi connectivity index (χ0v) is 14.5. The van der Waals surface area contributed by atoms with Crippen LogP contribution >= 0.6 is 11.5 Å².